The van der Waals surface area contributed by atoms with Gasteiger partial charge in [0.1, 0.15) is 0 Å². The van der Waals surface area contributed by atoms with E-state index in [0.29, 0.717) is 6.04 Å². The molecule has 0 fully saturated rings. The average molecular weight is 257 g/mol. The van der Waals surface area contributed by atoms with Gasteiger partial charge in [-0.25, -0.2) is 0 Å². The van der Waals surface area contributed by atoms with Crippen LogP contribution in [0.4, 0.5) is 0 Å². The van der Waals surface area contributed by atoms with E-state index in [9.17, 15) is 4.79 Å². The largest absolute Gasteiger partial charge is 0.368 e. The molecule has 0 aliphatic heterocycles. The fraction of sp³-hybridized carbons (Fsp3) is 0.929. The van der Waals surface area contributed by atoms with Crippen LogP contribution in [0.1, 0.15) is 54.4 Å². The molecule has 0 aromatic rings. The molecule has 0 bridgehead atoms. The third kappa shape index (κ3) is 5.83. The molecule has 0 aliphatic rings. The Hall–Kier alpha value is -0.610. The summed E-state index contributed by atoms with van der Waals surface area (Å²) in [4.78, 5) is 14.0. The van der Waals surface area contributed by atoms with E-state index in [1.807, 2.05) is 20.8 Å². The van der Waals surface area contributed by atoms with E-state index in [1.165, 1.54) is 0 Å². The Morgan fingerprint density at radius 1 is 1.28 bits per heavy atom. The lowest BCUT2D eigenvalue weighted by Gasteiger charge is -2.34. The minimum atomic E-state index is -0.616. The summed E-state index contributed by atoms with van der Waals surface area (Å²) in [5, 5.41) is 3.29. The second kappa shape index (κ2) is 7.74. The number of carbonyl (C=O) groups excluding carboxylic acids is 1. The number of primary amides is 1. The van der Waals surface area contributed by atoms with Gasteiger partial charge < -0.3 is 16.0 Å². The third-order valence-corrected chi connectivity index (χ3v) is 3.29. The number of nitrogens with two attached hydrogens (primary N) is 1. The predicted molar refractivity (Wildman–Crippen MR) is 77.5 cm³/mol. The highest BCUT2D eigenvalue weighted by Crippen LogP contribution is 2.13. The first-order chi connectivity index (χ1) is 8.23. The molecule has 1 unspecified atom stereocenters. The number of nitrogens with zero attached hydrogens (tertiary/aromatic N) is 1. The topological polar surface area (TPSA) is 58.4 Å². The monoisotopic (exact) mass is 257 g/mol. The van der Waals surface area contributed by atoms with Crippen molar-refractivity contribution < 1.29 is 4.79 Å². The molecule has 0 aliphatic carbocycles. The van der Waals surface area contributed by atoms with Crippen LogP contribution < -0.4 is 11.1 Å². The highest BCUT2D eigenvalue weighted by Gasteiger charge is 2.31. The fourth-order valence-electron chi connectivity index (χ4n) is 2.19. The van der Waals surface area contributed by atoms with Crippen molar-refractivity contribution in [2.24, 2.45) is 5.73 Å². The molecule has 1 atom stereocenters. The van der Waals surface area contributed by atoms with Crippen molar-refractivity contribution in [2.45, 2.75) is 72.0 Å². The van der Waals surface area contributed by atoms with Gasteiger partial charge in [0.2, 0.25) is 5.91 Å². The van der Waals surface area contributed by atoms with Crippen molar-refractivity contribution in [3.63, 3.8) is 0 Å². The molecular weight excluding hydrogens is 226 g/mol. The average Bonchev–Trinajstić information content (AvgIpc) is 2.22. The van der Waals surface area contributed by atoms with Gasteiger partial charge in [0, 0.05) is 18.6 Å². The summed E-state index contributed by atoms with van der Waals surface area (Å²) in [7, 11) is 0. The van der Waals surface area contributed by atoms with Crippen molar-refractivity contribution in [1.82, 2.24) is 10.2 Å². The first kappa shape index (κ1) is 17.4. The Morgan fingerprint density at radius 3 is 2.17 bits per heavy atom. The summed E-state index contributed by atoms with van der Waals surface area (Å²) in [6.45, 7) is 14.5. The van der Waals surface area contributed by atoms with Crippen molar-refractivity contribution in [3.05, 3.63) is 0 Å². The summed E-state index contributed by atoms with van der Waals surface area (Å²) in [5.41, 5.74) is 4.92. The van der Waals surface area contributed by atoms with Crippen LogP contribution in [0.25, 0.3) is 0 Å². The molecule has 0 saturated carbocycles. The summed E-state index contributed by atoms with van der Waals surface area (Å²) in [6.07, 6.45) is 1.88. The van der Waals surface area contributed by atoms with Gasteiger partial charge in [0.25, 0.3) is 0 Å². The summed E-state index contributed by atoms with van der Waals surface area (Å²) in [5.74, 6) is -0.267. The minimum Gasteiger partial charge on any atom is -0.368 e. The van der Waals surface area contributed by atoms with Crippen LogP contribution in [-0.4, -0.2) is 41.5 Å². The summed E-state index contributed by atoms with van der Waals surface area (Å²) < 4.78 is 0. The lowest BCUT2D eigenvalue weighted by Crippen LogP contribution is -2.57. The van der Waals surface area contributed by atoms with Crippen molar-refractivity contribution >= 4 is 5.91 Å². The zero-order valence-electron chi connectivity index (χ0n) is 12.9. The van der Waals surface area contributed by atoms with E-state index < -0.39 is 5.54 Å². The minimum absolute atomic E-state index is 0.251. The van der Waals surface area contributed by atoms with Crippen LogP contribution in [0.15, 0.2) is 0 Å². The van der Waals surface area contributed by atoms with E-state index in [2.05, 4.69) is 31.0 Å². The number of carbonyl (C=O) groups is 1. The van der Waals surface area contributed by atoms with Gasteiger partial charge in [-0.05, 0) is 54.0 Å². The zero-order chi connectivity index (χ0) is 14.3. The molecule has 0 saturated heterocycles. The fourth-order valence-corrected chi connectivity index (χ4v) is 2.19. The molecule has 0 spiro atoms. The molecule has 18 heavy (non-hydrogen) atoms. The Bertz CT molecular complexity index is 253. The van der Waals surface area contributed by atoms with E-state index in [4.69, 9.17) is 5.73 Å². The van der Waals surface area contributed by atoms with Crippen LogP contribution in [0.3, 0.4) is 0 Å². The molecule has 0 aromatic heterocycles. The van der Waals surface area contributed by atoms with Crippen LogP contribution in [0, 0.1) is 0 Å². The molecule has 4 heteroatoms. The maximum atomic E-state index is 11.6. The van der Waals surface area contributed by atoms with Crippen LogP contribution >= 0.6 is 0 Å². The van der Waals surface area contributed by atoms with Gasteiger partial charge in [-0.15, -0.1) is 0 Å². The lowest BCUT2D eigenvalue weighted by atomic mass is 9.95. The first-order valence-electron chi connectivity index (χ1n) is 7.04. The first-order valence-corrected chi connectivity index (χ1v) is 7.04. The highest BCUT2D eigenvalue weighted by molar-refractivity contribution is 5.84. The van der Waals surface area contributed by atoms with Gasteiger partial charge >= 0.3 is 0 Å². The third-order valence-electron chi connectivity index (χ3n) is 3.29. The maximum Gasteiger partial charge on any atom is 0.237 e. The number of nitrogens with one attached hydrogen (secondary N) is 1. The van der Waals surface area contributed by atoms with E-state index in [1.54, 1.807) is 0 Å². The van der Waals surface area contributed by atoms with Gasteiger partial charge in [0.05, 0.1) is 5.54 Å². The van der Waals surface area contributed by atoms with Gasteiger partial charge in [-0.2, -0.15) is 0 Å². The molecule has 0 heterocycles. The lowest BCUT2D eigenvalue weighted by molar-refractivity contribution is -0.124. The Kier molecular flexibility index (Phi) is 7.48. The summed E-state index contributed by atoms with van der Waals surface area (Å²) in [6, 6.07) is 0.752. The quantitative estimate of drug-likeness (QED) is 0.661. The van der Waals surface area contributed by atoms with Crippen LogP contribution in [0.5, 0.6) is 0 Å². The second-order valence-corrected chi connectivity index (χ2v) is 5.88. The molecule has 4 nitrogen and oxygen atoms in total. The second-order valence-electron chi connectivity index (χ2n) is 5.88. The van der Waals surface area contributed by atoms with Crippen molar-refractivity contribution in [2.75, 3.05) is 13.1 Å². The number of hydrogen-bond donors (Lipinski definition) is 2. The van der Waals surface area contributed by atoms with Crippen LogP contribution in [-0.2, 0) is 4.79 Å². The summed E-state index contributed by atoms with van der Waals surface area (Å²) >= 11 is 0. The standard InChI is InChI=1S/C14H31N3O/c1-7-9-17(12(4)5)10-8-14(6,13(15)18)16-11(2)3/h11-12,16H,7-10H2,1-6H3,(H2,15,18). The van der Waals surface area contributed by atoms with Crippen molar-refractivity contribution in [1.29, 1.82) is 0 Å². The van der Waals surface area contributed by atoms with Crippen LogP contribution in [0.2, 0.25) is 0 Å². The van der Waals surface area contributed by atoms with E-state index in [0.717, 1.165) is 25.9 Å². The number of rotatable bonds is 9. The molecular formula is C14H31N3O. The van der Waals surface area contributed by atoms with Gasteiger partial charge in [0.15, 0.2) is 0 Å². The Morgan fingerprint density at radius 2 is 1.83 bits per heavy atom. The Balaban J connectivity index is 4.54. The smallest absolute Gasteiger partial charge is 0.237 e. The van der Waals surface area contributed by atoms with Gasteiger partial charge in [-0.1, -0.05) is 6.92 Å². The van der Waals surface area contributed by atoms with E-state index in [-0.39, 0.29) is 11.9 Å². The molecule has 108 valence electrons. The van der Waals surface area contributed by atoms with Crippen molar-refractivity contribution in [3.8, 4) is 0 Å². The molecule has 1 amide bonds. The zero-order valence-corrected chi connectivity index (χ0v) is 12.9. The predicted octanol–water partition coefficient (Wildman–Crippen LogP) is 1.74. The molecule has 0 aromatic carbocycles. The number of hydrogen-bond acceptors (Lipinski definition) is 3. The molecule has 3 N–H and O–H groups in total. The number of amides is 1. The normalized spacial score (nSPS) is 15.4. The Labute approximate surface area is 112 Å². The maximum absolute atomic E-state index is 11.6. The molecule has 0 rings (SSSR count). The SMILES string of the molecule is CCCN(CCC(C)(NC(C)C)C(N)=O)C(C)C. The molecule has 0 radical (unpaired) electrons. The van der Waals surface area contributed by atoms with Gasteiger partial charge in [-0.3, -0.25) is 4.79 Å². The highest BCUT2D eigenvalue weighted by atomic mass is 16.1. The van der Waals surface area contributed by atoms with E-state index >= 15 is 0 Å².